The SMILES string of the molecule is Cc1cc(NC(=O)c2nc(N3CCCC3)ncc2Cl)n(Cc2ccccc2)n1. The lowest BCUT2D eigenvalue weighted by atomic mass is 10.2. The van der Waals surface area contributed by atoms with E-state index in [-0.39, 0.29) is 16.6 Å². The van der Waals surface area contributed by atoms with Gasteiger partial charge in [0.05, 0.1) is 23.5 Å². The van der Waals surface area contributed by atoms with Crippen LogP contribution in [-0.4, -0.2) is 38.7 Å². The third-order valence-electron chi connectivity index (χ3n) is 4.65. The summed E-state index contributed by atoms with van der Waals surface area (Å²) in [5.41, 5.74) is 2.08. The van der Waals surface area contributed by atoms with Crippen LogP contribution in [0.4, 0.5) is 11.8 Å². The van der Waals surface area contributed by atoms with E-state index < -0.39 is 0 Å². The molecule has 0 unspecified atom stereocenters. The third kappa shape index (κ3) is 3.99. The number of aryl methyl sites for hydroxylation is 1. The number of halogens is 1. The van der Waals surface area contributed by atoms with Crippen LogP contribution in [0, 0.1) is 6.92 Å². The fourth-order valence-corrected chi connectivity index (χ4v) is 3.46. The van der Waals surface area contributed by atoms with Crippen molar-refractivity contribution >= 4 is 29.3 Å². The van der Waals surface area contributed by atoms with E-state index in [1.165, 1.54) is 6.20 Å². The lowest BCUT2D eigenvalue weighted by Crippen LogP contribution is -2.23. The number of nitrogens with zero attached hydrogens (tertiary/aromatic N) is 5. The van der Waals surface area contributed by atoms with Crippen molar-refractivity contribution in [2.24, 2.45) is 0 Å². The first kappa shape index (κ1) is 18.4. The van der Waals surface area contributed by atoms with Crippen molar-refractivity contribution < 1.29 is 4.79 Å². The molecule has 1 aliphatic rings. The summed E-state index contributed by atoms with van der Waals surface area (Å²) >= 11 is 6.21. The predicted molar refractivity (Wildman–Crippen MR) is 109 cm³/mol. The van der Waals surface area contributed by atoms with E-state index in [0.29, 0.717) is 18.3 Å². The molecule has 0 bridgehead atoms. The number of hydrogen-bond donors (Lipinski definition) is 1. The molecule has 1 aliphatic heterocycles. The summed E-state index contributed by atoms with van der Waals surface area (Å²) in [6.45, 7) is 4.23. The maximum atomic E-state index is 12.9. The Labute approximate surface area is 168 Å². The topological polar surface area (TPSA) is 75.9 Å². The second-order valence-electron chi connectivity index (χ2n) is 6.83. The van der Waals surface area contributed by atoms with Crippen LogP contribution in [-0.2, 0) is 6.54 Å². The number of carbonyl (C=O) groups is 1. The number of hydrogen-bond acceptors (Lipinski definition) is 5. The van der Waals surface area contributed by atoms with Crippen molar-refractivity contribution in [2.75, 3.05) is 23.3 Å². The molecule has 1 amide bonds. The molecule has 1 saturated heterocycles. The number of nitrogens with one attached hydrogen (secondary N) is 1. The van der Waals surface area contributed by atoms with Crippen molar-refractivity contribution in [3.05, 3.63) is 64.6 Å². The van der Waals surface area contributed by atoms with Crippen molar-refractivity contribution in [2.45, 2.75) is 26.3 Å². The first-order valence-electron chi connectivity index (χ1n) is 9.27. The highest BCUT2D eigenvalue weighted by atomic mass is 35.5. The molecule has 1 aromatic carbocycles. The molecule has 1 N–H and O–H groups in total. The van der Waals surface area contributed by atoms with Gasteiger partial charge < -0.3 is 10.2 Å². The van der Waals surface area contributed by atoms with E-state index in [1.807, 2.05) is 43.3 Å². The van der Waals surface area contributed by atoms with E-state index in [2.05, 4.69) is 25.3 Å². The minimum atomic E-state index is -0.373. The van der Waals surface area contributed by atoms with Crippen LogP contribution in [0.25, 0.3) is 0 Å². The molecular formula is C20H21ClN6O. The van der Waals surface area contributed by atoms with Crippen molar-refractivity contribution in [3.63, 3.8) is 0 Å². The van der Waals surface area contributed by atoms with Crippen LogP contribution < -0.4 is 10.2 Å². The molecule has 0 aliphatic carbocycles. The molecule has 1 fully saturated rings. The minimum absolute atomic E-state index is 0.170. The highest BCUT2D eigenvalue weighted by Gasteiger charge is 2.20. The van der Waals surface area contributed by atoms with Gasteiger partial charge >= 0.3 is 0 Å². The summed E-state index contributed by atoms with van der Waals surface area (Å²) in [5, 5.41) is 7.61. The smallest absolute Gasteiger partial charge is 0.277 e. The van der Waals surface area contributed by atoms with Gasteiger partial charge in [-0.25, -0.2) is 14.6 Å². The molecule has 2 aromatic heterocycles. The van der Waals surface area contributed by atoms with Crippen LogP contribution in [0.15, 0.2) is 42.6 Å². The Kier molecular flexibility index (Phi) is 5.25. The average molecular weight is 397 g/mol. The molecule has 3 heterocycles. The Morgan fingerprint density at radius 3 is 2.71 bits per heavy atom. The molecule has 144 valence electrons. The van der Waals surface area contributed by atoms with E-state index in [9.17, 15) is 4.79 Å². The third-order valence-corrected chi connectivity index (χ3v) is 4.93. The van der Waals surface area contributed by atoms with E-state index >= 15 is 0 Å². The molecule has 28 heavy (non-hydrogen) atoms. The second kappa shape index (κ2) is 7.98. The number of carbonyl (C=O) groups excluding carboxylic acids is 1. The number of amides is 1. The lowest BCUT2D eigenvalue weighted by molar-refractivity contribution is 0.102. The lowest BCUT2D eigenvalue weighted by Gasteiger charge is -2.16. The van der Waals surface area contributed by atoms with Gasteiger partial charge in [0.2, 0.25) is 5.95 Å². The van der Waals surface area contributed by atoms with Crippen LogP contribution in [0.1, 0.15) is 34.6 Å². The van der Waals surface area contributed by atoms with E-state index in [0.717, 1.165) is 37.2 Å². The molecule has 7 nitrogen and oxygen atoms in total. The zero-order valence-corrected chi connectivity index (χ0v) is 16.4. The number of rotatable bonds is 5. The molecule has 4 rings (SSSR count). The maximum Gasteiger partial charge on any atom is 0.277 e. The fourth-order valence-electron chi connectivity index (χ4n) is 3.29. The van der Waals surface area contributed by atoms with Gasteiger partial charge in [-0.1, -0.05) is 41.9 Å². The largest absolute Gasteiger partial charge is 0.341 e. The van der Waals surface area contributed by atoms with Gasteiger partial charge in [-0.15, -0.1) is 0 Å². The standard InChI is InChI=1S/C20H21ClN6O/c1-14-11-17(27(25-14)13-15-7-3-2-4-8-15)23-19(28)18-16(21)12-22-20(24-18)26-9-5-6-10-26/h2-4,7-8,11-12H,5-6,9-10,13H2,1H3,(H,23,28). The van der Waals surface area contributed by atoms with Gasteiger partial charge in [0, 0.05) is 19.2 Å². The summed E-state index contributed by atoms with van der Waals surface area (Å²) < 4.78 is 1.76. The first-order valence-corrected chi connectivity index (χ1v) is 9.65. The van der Waals surface area contributed by atoms with Gasteiger partial charge in [0.1, 0.15) is 5.82 Å². The quantitative estimate of drug-likeness (QED) is 0.713. The summed E-state index contributed by atoms with van der Waals surface area (Å²) in [6, 6.07) is 11.8. The van der Waals surface area contributed by atoms with Crippen molar-refractivity contribution in [1.29, 1.82) is 0 Å². The minimum Gasteiger partial charge on any atom is -0.341 e. The summed E-state index contributed by atoms with van der Waals surface area (Å²) in [4.78, 5) is 23.6. The number of benzene rings is 1. The zero-order chi connectivity index (χ0) is 19.5. The summed E-state index contributed by atoms with van der Waals surface area (Å²) in [5.74, 6) is 0.770. The Morgan fingerprint density at radius 1 is 1.21 bits per heavy atom. The molecule has 0 spiro atoms. The molecule has 0 radical (unpaired) electrons. The number of anilines is 2. The van der Waals surface area contributed by atoms with Crippen LogP contribution in [0.5, 0.6) is 0 Å². The van der Waals surface area contributed by atoms with Crippen LogP contribution >= 0.6 is 11.6 Å². The summed E-state index contributed by atoms with van der Waals surface area (Å²) in [7, 11) is 0. The van der Waals surface area contributed by atoms with Gasteiger partial charge in [-0.2, -0.15) is 5.10 Å². The monoisotopic (exact) mass is 396 g/mol. The Bertz CT molecular complexity index is 982. The Morgan fingerprint density at radius 2 is 1.96 bits per heavy atom. The highest BCUT2D eigenvalue weighted by Crippen LogP contribution is 2.21. The van der Waals surface area contributed by atoms with E-state index in [1.54, 1.807) is 4.68 Å². The molecule has 0 atom stereocenters. The van der Waals surface area contributed by atoms with Crippen LogP contribution in [0.3, 0.4) is 0 Å². The molecule has 0 saturated carbocycles. The fraction of sp³-hybridized carbons (Fsp3) is 0.300. The zero-order valence-electron chi connectivity index (χ0n) is 15.6. The normalized spacial score (nSPS) is 13.7. The molecule has 3 aromatic rings. The highest BCUT2D eigenvalue weighted by molar-refractivity contribution is 6.34. The predicted octanol–water partition coefficient (Wildman–Crippen LogP) is 3.54. The maximum absolute atomic E-state index is 12.9. The molecular weight excluding hydrogens is 376 g/mol. The first-order chi connectivity index (χ1) is 13.6. The van der Waals surface area contributed by atoms with Gasteiger partial charge in [-0.3, -0.25) is 4.79 Å². The number of aromatic nitrogens is 4. The molecule has 8 heteroatoms. The Balaban J connectivity index is 1.56. The van der Waals surface area contributed by atoms with Gasteiger partial charge in [-0.05, 0) is 25.3 Å². The van der Waals surface area contributed by atoms with Gasteiger partial charge in [0.15, 0.2) is 5.69 Å². The average Bonchev–Trinajstić information content (AvgIpc) is 3.33. The second-order valence-corrected chi connectivity index (χ2v) is 7.24. The Hall–Kier alpha value is -2.93. The van der Waals surface area contributed by atoms with Crippen molar-refractivity contribution in [3.8, 4) is 0 Å². The van der Waals surface area contributed by atoms with Crippen LogP contribution in [0.2, 0.25) is 5.02 Å². The van der Waals surface area contributed by atoms with Crippen molar-refractivity contribution in [1.82, 2.24) is 19.7 Å². The summed E-state index contributed by atoms with van der Waals surface area (Å²) in [6.07, 6.45) is 3.70. The van der Waals surface area contributed by atoms with E-state index in [4.69, 9.17) is 11.6 Å². The van der Waals surface area contributed by atoms with Gasteiger partial charge in [0.25, 0.3) is 5.91 Å².